The third-order valence-electron chi connectivity index (χ3n) is 2.30. The Morgan fingerprint density at radius 2 is 2.19 bits per heavy atom. The molecule has 0 saturated carbocycles. The van der Waals surface area contributed by atoms with Crippen molar-refractivity contribution >= 4 is 0 Å². The molecule has 3 nitrogen and oxygen atoms in total. The number of aromatic nitrogens is 1. The molecule has 1 aromatic rings. The zero-order chi connectivity index (χ0) is 12.0. The summed E-state index contributed by atoms with van der Waals surface area (Å²) in [5, 5.41) is 0. The van der Waals surface area contributed by atoms with Crippen LogP contribution in [0.2, 0.25) is 0 Å². The van der Waals surface area contributed by atoms with Crippen LogP contribution in [0.1, 0.15) is 38.4 Å². The van der Waals surface area contributed by atoms with Crippen molar-refractivity contribution < 1.29 is 4.74 Å². The van der Waals surface area contributed by atoms with E-state index in [1.807, 2.05) is 0 Å². The Bertz CT molecular complexity index is 324. The molecule has 0 atom stereocenters. The number of nitrogens with two attached hydrogens (primary N) is 1. The fourth-order valence-corrected chi connectivity index (χ4v) is 1.57. The number of pyridine rings is 1. The van der Waals surface area contributed by atoms with Gasteiger partial charge in [0.25, 0.3) is 0 Å². The van der Waals surface area contributed by atoms with E-state index in [0.717, 1.165) is 36.5 Å². The quantitative estimate of drug-likeness (QED) is 0.804. The number of nitrogens with zero attached hydrogens (tertiary/aromatic N) is 1. The highest BCUT2D eigenvalue weighted by Crippen LogP contribution is 2.19. The van der Waals surface area contributed by atoms with Crippen LogP contribution in [0.15, 0.2) is 12.3 Å². The average Bonchev–Trinajstić information content (AvgIpc) is 2.26. The van der Waals surface area contributed by atoms with E-state index in [1.54, 1.807) is 6.20 Å². The maximum absolute atomic E-state index is 5.71. The van der Waals surface area contributed by atoms with E-state index in [-0.39, 0.29) is 0 Å². The second kappa shape index (κ2) is 6.48. The van der Waals surface area contributed by atoms with E-state index < -0.39 is 0 Å². The molecule has 0 fully saturated rings. The second-order valence-electron chi connectivity index (χ2n) is 4.43. The smallest absolute Gasteiger partial charge is 0.142 e. The Morgan fingerprint density at radius 3 is 2.75 bits per heavy atom. The fourth-order valence-electron chi connectivity index (χ4n) is 1.57. The van der Waals surface area contributed by atoms with Crippen molar-refractivity contribution in [3.05, 3.63) is 23.5 Å². The van der Waals surface area contributed by atoms with Crippen LogP contribution in [0.25, 0.3) is 0 Å². The van der Waals surface area contributed by atoms with E-state index in [4.69, 9.17) is 10.5 Å². The number of hydrogen-bond acceptors (Lipinski definition) is 3. The molecule has 0 radical (unpaired) electrons. The van der Waals surface area contributed by atoms with Crippen LogP contribution in [-0.4, -0.2) is 11.6 Å². The van der Waals surface area contributed by atoms with Gasteiger partial charge in [0.05, 0.1) is 12.8 Å². The van der Waals surface area contributed by atoms with E-state index in [2.05, 4.69) is 31.8 Å². The molecule has 3 heteroatoms. The van der Waals surface area contributed by atoms with Crippen molar-refractivity contribution in [2.75, 3.05) is 6.61 Å². The van der Waals surface area contributed by atoms with Gasteiger partial charge in [0, 0.05) is 17.8 Å². The summed E-state index contributed by atoms with van der Waals surface area (Å²) >= 11 is 0. The molecule has 2 N–H and O–H groups in total. The molecule has 90 valence electrons. The molecule has 0 spiro atoms. The summed E-state index contributed by atoms with van der Waals surface area (Å²) in [5.41, 5.74) is 7.87. The summed E-state index contributed by atoms with van der Waals surface area (Å²) in [4.78, 5) is 4.40. The lowest BCUT2D eigenvalue weighted by atomic mass is 10.1. The molecule has 1 aromatic heterocycles. The molecule has 0 aliphatic rings. The van der Waals surface area contributed by atoms with Crippen LogP contribution in [0.3, 0.4) is 0 Å². The van der Waals surface area contributed by atoms with Gasteiger partial charge in [-0.3, -0.25) is 4.98 Å². The zero-order valence-corrected chi connectivity index (χ0v) is 10.5. The van der Waals surface area contributed by atoms with Gasteiger partial charge in [-0.05, 0) is 24.8 Å². The third kappa shape index (κ3) is 3.81. The first-order valence-corrected chi connectivity index (χ1v) is 5.98. The molecule has 0 unspecified atom stereocenters. The van der Waals surface area contributed by atoms with Crippen LogP contribution >= 0.6 is 0 Å². The van der Waals surface area contributed by atoms with Gasteiger partial charge in [-0.15, -0.1) is 0 Å². The fraction of sp³-hybridized carbons (Fsp3) is 0.615. The highest BCUT2D eigenvalue weighted by Gasteiger charge is 2.06. The van der Waals surface area contributed by atoms with Crippen LogP contribution in [-0.2, 0) is 13.0 Å². The molecule has 16 heavy (non-hydrogen) atoms. The highest BCUT2D eigenvalue weighted by molar-refractivity contribution is 5.32. The average molecular weight is 222 g/mol. The molecule has 0 aromatic carbocycles. The zero-order valence-electron chi connectivity index (χ0n) is 10.5. The topological polar surface area (TPSA) is 48.1 Å². The van der Waals surface area contributed by atoms with E-state index in [9.17, 15) is 0 Å². The van der Waals surface area contributed by atoms with Crippen molar-refractivity contribution in [2.45, 2.75) is 40.2 Å². The number of rotatable bonds is 6. The summed E-state index contributed by atoms with van der Waals surface area (Å²) in [7, 11) is 0. The minimum atomic E-state index is 0.507. The predicted molar refractivity (Wildman–Crippen MR) is 66.5 cm³/mol. The first kappa shape index (κ1) is 13.0. The van der Waals surface area contributed by atoms with Gasteiger partial charge in [-0.1, -0.05) is 20.8 Å². The normalized spacial score (nSPS) is 10.8. The van der Waals surface area contributed by atoms with E-state index >= 15 is 0 Å². The Labute approximate surface area is 98.0 Å². The Balaban J connectivity index is 2.79. The van der Waals surface area contributed by atoms with Crippen molar-refractivity contribution in [3.8, 4) is 5.75 Å². The highest BCUT2D eigenvalue weighted by atomic mass is 16.5. The molecule has 0 bridgehead atoms. The summed E-state index contributed by atoms with van der Waals surface area (Å²) in [6.07, 6.45) is 3.79. The number of hydrogen-bond donors (Lipinski definition) is 1. The van der Waals surface area contributed by atoms with Crippen molar-refractivity contribution in [2.24, 2.45) is 11.7 Å². The first-order valence-electron chi connectivity index (χ1n) is 5.98. The number of ether oxygens (including phenoxy) is 1. The monoisotopic (exact) mass is 222 g/mol. The second-order valence-corrected chi connectivity index (χ2v) is 4.43. The molecule has 0 aliphatic carbocycles. The Kier molecular flexibility index (Phi) is 5.26. The van der Waals surface area contributed by atoms with Crippen LogP contribution in [0.4, 0.5) is 0 Å². The molecule has 1 heterocycles. The summed E-state index contributed by atoms with van der Waals surface area (Å²) in [6.45, 7) is 7.68. The lowest BCUT2D eigenvalue weighted by Gasteiger charge is -2.11. The summed E-state index contributed by atoms with van der Waals surface area (Å²) in [5.74, 6) is 1.44. The minimum Gasteiger partial charge on any atom is -0.492 e. The third-order valence-corrected chi connectivity index (χ3v) is 2.30. The molecule has 0 saturated heterocycles. The van der Waals surface area contributed by atoms with Gasteiger partial charge in [0.15, 0.2) is 0 Å². The van der Waals surface area contributed by atoms with Gasteiger partial charge in [0.1, 0.15) is 5.75 Å². The standard InChI is InChI=1S/C13H22N2O/c1-4-5-16-13-9-15-12(6-10(2)3)7-11(13)8-14/h7,9-10H,4-6,8,14H2,1-3H3. The Morgan fingerprint density at radius 1 is 1.44 bits per heavy atom. The largest absolute Gasteiger partial charge is 0.492 e. The minimum absolute atomic E-state index is 0.507. The van der Waals surface area contributed by atoms with Gasteiger partial charge < -0.3 is 10.5 Å². The van der Waals surface area contributed by atoms with Gasteiger partial charge >= 0.3 is 0 Å². The summed E-state index contributed by atoms with van der Waals surface area (Å²) in [6, 6.07) is 2.06. The van der Waals surface area contributed by atoms with Crippen LogP contribution < -0.4 is 10.5 Å². The molecular formula is C13H22N2O. The van der Waals surface area contributed by atoms with Crippen LogP contribution in [0.5, 0.6) is 5.75 Å². The maximum Gasteiger partial charge on any atom is 0.142 e. The van der Waals surface area contributed by atoms with Gasteiger partial charge in [0.2, 0.25) is 0 Å². The predicted octanol–water partition coefficient (Wildman–Crippen LogP) is 2.53. The SMILES string of the molecule is CCCOc1cnc(CC(C)C)cc1CN. The van der Waals surface area contributed by atoms with Gasteiger partial charge in [-0.25, -0.2) is 0 Å². The van der Waals surface area contributed by atoms with Crippen molar-refractivity contribution in [1.29, 1.82) is 0 Å². The van der Waals surface area contributed by atoms with Crippen molar-refractivity contribution in [1.82, 2.24) is 4.98 Å². The first-order chi connectivity index (χ1) is 7.67. The Hall–Kier alpha value is -1.09. The van der Waals surface area contributed by atoms with E-state index in [0.29, 0.717) is 12.5 Å². The molecular weight excluding hydrogens is 200 g/mol. The lowest BCUT2D eigenvalue weighted by Crippen LogP contribution is -2.06. The molecule has 0 aliphatic heterocycles. The molecule has 0 amide bonds. The molecule has 1 rings (SSSR count). The lowest BCUT2D eigenvalue weighted by molar-refractivity contribution is 0.312. The van der Waals surface area contributed by atoms with Crippen molar-refractivity contribution in [3.63, 3.8) is 0 Å². The maximum atomic E-state index is 5.71. The summed E-state index contributed by atoms with van der Waals surface area (Å²) < 4.78 is 5.59. The van der Waals surface area contributed by atoms with Crippen LogP contribution in [0, 0.1) is 5.92 Å². The van der Waals surface area contributed by atoms with E-state index in [1.165, 1.54) is 0 Å². The van der Waals surface area contributed by atoms with Gasteiger partial charge in [-0.2, -0.15) is 0 Å².